The fourth-order valence-corrected chi connectivity index (χ4v) is 1.78. The number of fused-ring (bicyclic) bond motifs is 1. The monoisotopic (exact) mass is 244 g/mol. The van der Waals surface area contributed by atoms with Crippen LogP contribution in [0.2, 0.25) is 0 Å². The van der Waals surface area contributed by atoms with Crippen molar-refractivity contribution in [3.05, 3.63) is 36.0 Å². The van der Waals surface area contributed by atoms with Crippen LogP contribution in [-0.4, -0.2) is 26.7 Å². The summed E-state index contributed by atoms with van der Waals surface area (Å²) in [5.41, 5.74) is 0.822. The quantitative estimate of drug-likeness (QED) is 0.703. The van der Waals surface area contributed by atoms with Gasteiger partial charge in [-0.1, -0.05) is 0 Å². The Labute approximate surface area is 103 Å². The molecule has 6 heteroatoms. The molecule has 3 rings (SSSR count). The molecule has 0 aliphatic carbocycles. The van der Waals surface area contributed by atoms with Gasteiger partial charge in [0.2, 0.25) is 0 Å². The normalized spacial score (nSPS) is 11.2. The average molecular weight is 244 g/mol. The van der Waals surface area contributed by atoms with Crippen molar-refractivity contribution in [2.24, 2.45) is 0 Å². The van der Waals surface area contributed by atoms with Crippen molar-refractivity contribution < 1.29 is 9.15 Å². The largest absolute Gasteiger partial charge is 0.460 e. The SMILES string of the molecule is COCc1nc2nccc(-c3ccc(C)o3)n2n1. The number of nitrogens with zero attached hydrogens (tertiary/aromatic N) is 4. The number of rotatable bonds is 3. The summed E-state index contributed by atoms with van der Waals surface area (Å²) in [6.45, 7) is 2.26. The van der Waals surface area contributed by atoms with Crippen molar-refractivity contribution in [2.45, 2.75) is 13.5 Å². The van der Waals surface area contributed by atoms with Gasteiger partial charge in [-0.2, -0.15) is 9.50 Å². The van der Waals surface area contributed by atoms with E-state index >= 15 is 0 Å². The number of aromatic nitrogens is 4. The molecular weight excluding hydrogens is 232 g/mol. The van der Waals surface area contributed by atoms with Crippen LogP contribution in [0.15, 0.2) is 28.8 Å². The lowest BCUT2D eigenvalue weighted by Crippen LogP contribution is -1.95. The molecule has 18 heavy (non-hydrogen) atoms. The highest BCUT2D eigenvalue weighted by atomic mass is 16.5. The topological polar surface area (TPSA) is 65.5 Å². The molecule has 3 aromatic rings. The zero-order valence-electron chi connectivity index (χ0n) is 10.1. The molecule has 3 heterocycles. The van der Waals surface area contributed by atoms with Gasteiger partial charge in [0.05, 0.1) is 0 Å². The predicted molar refractivity (Wildman–Crippen MR) is 63.9 cm³/mol. The van der Waals surface area contributed by atoms with Crippen LogP contribution in [-0.2, 0) is 11.3 Å². The fraction of sp³-hybridized carbons (Fsp3) is 0.250. The smallest absolute Gasteiger partial charge is 0.253 e. The molecule has 0 N–H and O–H groups in total. The van der Waals surface area contributed by atoms with Gasteiger partial charge in [-0.05, 0) is 25.1 Å². The maximum atomic E-state index is 5.60. The molecule has 0 atom stereocenters. The summed E-state index contributed by atoms with van der Waals surface area (Å²) in [6, 6.07) is 5.66. The Bertz CT molecular complexity index is 686. The highest BCUT2D eigenvalue weighted by Gasteiger charge is 2.11. The molecule has 0 aliphatic rings. The third kappa shape index (κ3) is 1.76. The summed E-state index contributed by atoms with van der Waals surface area (Å²) in [4.78, 5) is 8.44. The third-order valence-electron chi connectivity index (χ3n) is 2.55. The van der Waals surface area contributed by atoms with Crippen LogP contribution in [0.3, 0.4) is 0 Å². The van der Waals surface area contributed by atoms with E-state index in [1.54, 1.807) is 17.8 Å². The second-order valence-electron chi connectivity index (χ2n) is 3.91. The molecular formula is C12H12N4O2. The Morgan fingerprint density at radius 2 is 2.22 bits per heavy atom. The Morgan fingerprint density at radius 1 is 1.33 bits per heavy atom. The van der Waals surface area contributed by atoms with E-state index in [0.717, 1.165) is 17.2 Å². The van der Waals surface area contributed by atoms with Crippen LogP contribution in [0.25, 0.3) is 17.2 Å². The minimum absolute atomic E-state index is 0.361. The lowest BCUT2D eigenvalue weighted by atomic mass is 10.3. The van der Waals surface area contributed by atoms with Gasteiger partial charge >= 0.3 is 0 Å². The number of hydrogen-bond donors (Lipinski definition) is 0. The second kappa shape index (κ2) is 4.23. The van der Waals surface area contributed by atoms with E-state index in [9.17, 15) is 0 Å². The van der Waals surface area contributed by atoms with E-state index in [-0.39, 0.29) is 0 Å². The van der Waals surface area contributed by atoms with Gasteiger partial charge in [-0.3, -0.25) is 0 Å². The third-order valence-corrected chi connectivity index (χ3v) is 2.55. The van der Waals surface area contributed by atoms with Crippen LogP contribution in [0, 0.1) is 6.92 Å². The van der Waals surface area contributed by atoms with Gasteiger partial charge in [-0.15, -0.1) is 5.10 Å². The van der Waals surface area contributed by atoms with Crippen molar-refractivity contribution in [3.8, 4) is 11.5 Å². The molecule has 0 bridgehead atoms. The first-order valence-corrected chi connectivity index (χ1v) is 5.54. The van der Waals surface area contributed by atoms with Crippen LogP contribution in [0.4, 0.5) is 0 Å². The maximum Gasteiger partial charge on any atom is 0.253 e. The number of methoxy groups -OCH3 is 1. The molecule has 3 aromatic heterocycles. The van der Waals surface area contributed by atoms with E-state index in [4.69, 9.17) is 9.15 Å². The van der Waals surface area contributed by atoms with Crippen molar-refractivity contribution in [1.29, 1.82) is 0 Å². The Hall–Kier alpha value is -2.21. The summed E-state index contributed by atoms with van der Waals surface area (Å²) in [6.07, 6.45) is 1.69. The lowest BCUT2D eigenvalue weighted by molar-refractivity contribution is 0.178. The van der Waals surface area contributed by atoms with Crippen molar-refractivity contribution in [1.82, 2.24) is 19.6 Å². The Kier molecular flexibility index (Phi) is 2.56. The zero-order valence-corrected chi connectivity index (χ0v) is 10.1. The molecule has 0 radical (unpaired) electrons. The molecule has 0 amide bonds. The van der Waals surface area contributed by atoms with E-state index in [1.807, 2.05) is 25.1 Å². The average Bonchev–Trinajstić information content (AvgIpc) is 2.94. The van der Waals surface area contributed by atoms with E-state index in [0.29, 0.717) is 18.2 Å². The molecule has 0 saturated heterocycles. The van der Waals surface area contributed by atoms with Crippen LogP contribution in [0.1, 0.15) is 11.6 Å². The summed E-state index contributed by atoms with van der Waals surface area (Å²) in [5.74, 6) is 2.73. The fourth-order valence-electron chi connectivity index (χ4n) is 1.78. The second-order valence-corrected chi connectivity index (χ2v) is 3.91. The highest BCUT2D eigenvalue weighted by molar-refractivity contribution is 5.55. The number of ether oxygens (including phenoxy) is 1. The standard InChI is InChI=1S/C12H12N4O2/c1-8-3-4-10(18-8)9-5-6-13-12-14-11(7-17-2)15-16(9)12/h3-6H,7H2,1-2H3. The lowest BCUT2D eigenvalue weighted by Gasteiger charge is -1.98. The summed E-state index contributed by atoms with van der Waals surface area (Å²) in [7, 11) is 1.61. The first-order chi connectivity index (χ1) is 8.78. The molecule has 92 valence electrons. The van der Waals surface area contributed by atoms with E-state index in [2.05, 4.69) is 15.1 Å². The molecule has 0 saturated carbocycles. The number of hydrogen-bond acceptors (Lipinski definition) is 5. The van der Waals surface area contributed by atoms with E-state index in [1.165, 1.54) is 0 Å². The van der Waals surface area contributed by atoms with Crippen LogP contribution in [0.5, 0.6) is 0 Å². The summed E-state index contributed by atoms with van der Waals surface area (Å²) < 4.78 is 12.3. The zero-order chi connectivity index (χ0) is 12.5. The number of furan rings is 1. The molecule has 0 fully saturated rings. The Balaban J connectivity index is 2.17. The predicted octanol–water partition coefficient (Wildman–Crippen LogP) is 1.84. The first kappa shape index (κ1) is 10.9. The maximum absolute atomic E-state index is 5.60. The van der Waals surface area contributed by atoms with Crippen molar-refractivity contribution in [3.63, 3.8) is 0 Å². The minimum atomic E-state index is 0.361. The first-order valence-electron chi connectivity index (χ1n) is 5.54. The summed E-state index contributed by atoms with van der Waals surface area (Å²) in [5, 5.41) is 4.35. The van der Waals surface area contributed by atoms with Crippen LogP contribution >= 0.6 is 0 Å². The van der Waals surface area contributed by atoms with Gasteiger partial charge in [0.15, 0.2) is 11.6 Å². The van der Waals surface area contributed by atoms with Gasteiger partial charge in [0, 0.05) is 13.3 Å². The number of aryl methyl sites for hydroxylation is 1. The van der Waals surface area contributed by atoms with E-state index < -0.39 is 0 Å². The Morgan fingerprint density at radius 3 is 2.94 bits per heavy atom. The van der Waals surface area contributed by atoms with Crippen molar-refractivity contribution in [2.75, 3.05) is 7.11 Å². The van der Waals surface area contributed by atoms with Gasteiger partial charge in [-0.25, -0.2) is 4.98 Å². The van der Waals surface area contributed by atoms with Gasteiger partial charge < -0.3 is 9.15 Å². The van der Waals surface area contributed by atoms with Gasteiger partial charge in [0.25, 0.3) is 5.78 Å². The highest BCUT2D eigenvalue weighted by Crippen LogP contribution is 2.21. The summed E-state index contributed by atoms with van der Waals surface area (Å²) >= 11 is 0. The van der Waals surface area contributed by atoms with Crippen LogP contribution < -0.4 is 0 Å². The molecule has 0 aliphatic heterocycles. The molecule has 0 aromatic carbocycles. The minimum Gasteiger partial charge on any atom is -0.460 e. The van der Waals surface area contributed by atoms with Gasteiger partial charge in [0.1, 0.15) is 18.1 Å². The molecule has 0 unspecified atom stereocenters. The molecule has 0 spiro atoms. The van der Waals surface area contributed by atoms with Crippen molar-refractivity contribution >= 4 is 5.78 Å². The molecule has 6 nitrogen and oxygen atoms in total.